The fourth-order valence-electron chi connectivity index (χ4n) is 2.68. The fraction of sp³-hybridized carbons (Fsp3) is 0.294. The van der Waals surface area contributed by atoms with Crippen LogP contribution in [0.25, 0.3) is 11.3 Å². The van der Waals surface area contributed by atoms with E-state index in [0.717, 1.165) is 33.2 Å². The van der Waals surface area contributed by atoms with E-state index in [0.29, 0.717) is 11.5 Å². The monoisotopic (exact) mass is 341 g/mol. The number of nitrogens with zero attached hydrogens (tertiary/aromatic N) is 4. The Morgan fingerprint density at radius 2 is 1.88 bits per heavy atom. The molecule has 3 aromatic rings. The molecule has 6 nitrogen and oxygen atoms in total. The first-order valence-corrected chi connectivity index (χ1v) is 8.46. The van der Waals surface area contributed by atoms with E-state index in [1.807, 2.05) is 56.9 Å². The van der Waals surface area contributed by atoms with Crippen molar-refractivity contribution in [1.29, 1.82) is 0 Å². The normalized spacial score (nSPS) is 10.9. The van der Waals surface area contributed by atoms with E-state index in [-0.39, 0.29) is 5.91 Å². The van der Waals surface area contributed by atoms with Gasteiger partial charge in [-0.05, 0) is 45.4 Å². The number of amides is 1. The number of rotatable bonds is 3. The van der Waals surface area contributed by atoms with Crippen molar-refractivity contribution in [3.63, 3.8) is 0 Å². The zero-order chi connectivity index (χ0) is 17.4. The third-order valence-electron chi connectivity index (χ3n) is 3.75. The first-order chi connectivity index (χ1) is 11.3. The Morgan fingerprint density at radius 1 is 1.12 bits per heavy atom. The SMILES string of the molecule is Cc1cc(-c2cc(C)nn2C)c(C)c(C(=O)Nc2csc(C)n2)n1. The van der Waals surface area contributed by atoms with E-state index in [4.69, 9.17) is 0 Å². The van der Waals surface area contributed by atoms with E-state index in [1.165, 1.54) is 11.3 Å². The molecule has 7 heteroatoms. The highest BCUT2D eigenvalue weighted by molar-refractivity contribution is 7.09. The van der Waals surface area contributed by atoms with Crippen LogP contribution < -0.4 is 5.32 Å². The highest BCUT2D eigenvalue weighted by Crippen LogP contribution is 2.27. The lowest BCUT2D eigenvalue weighted by Gasteiger charge is -2.12. The zero-order valence-corrected chi connectivity index (χ0v) is 15.2. The van der Waals surface area contributed by atoms with E-state index < -0.39 is 0 Å². The Labute approximate surface area is 144 Å². The molecule has 3 heterocycles. The summed E-state index contributed by atoms with van der Waals surface area (Å²) in [5.74, 6) is 0.310. The molecule has 124 valence electrons. The average Bonchev–Trinajstić information content (AvgIpc) is 3.06. The summed E-state index contributed by atoms with van der Waals surface area (Å²) < 4.78 is 1.82. The van der Waals surface area contributed by atoms with Crippen molar-refractivity contribution in [2.45, 2.75) is 27.7 Å². The average molecular weight is 341 g/mol. The molecular formula is C17H19N5OS. The number of pyridine rings is 1. The Kier molecular flexibility index (Phi) is 4.19. The van der Waals surface area contributed by atoms with Crippen LogP contribution in [0.3, 0.4) is 0 Å². The molecule has 0 unspecified atom stereocenters. The second kappa shape index (κ2) is 6.16. The van der Waals surface area contributed by atoms with Crippen LogP contribution in [0.1, 0.15) is 32.4 Å². The van der Waals surface area contributed by atoms with Crippen molar-refractivity contribution < 1.29 is 4.79 Å². The van der Waals surface area contributed by atoms with Gasteiger partial charge in [-0.1, -0.05) is 0 Å². The Morgan fingerprint density at radius 3 is 2.46 bits per heavy atom. The van der Waals surface area contributed by atoms with Crippen LogP contribution in [-0.2, 0) is 7.05 Å². The van der Waals surface area contributed by atoms with E-state index in [1.54, 1.807) is 0 Å². The maximum atomic E-state index is 12.6. The van der Waals surface area contributed by atoms with Crippen molar-refractivity contribution in [2.75, 3.05) is 5.32 Å². The Hall–Kier alpha value is -2.54. The van der Waals surface area contributed by atoms with Gasteiger partial charge in [0, 0.05) is 23.7 Å². The van der Waals surface area contributed by atoms with Crippen molar-refractivity contribution in [3.8, 4) is 11.3 Å². The van der Waals surface area contributed by atoms with Crippen LogP contribution in [0.2, 0.25) is 0 Å². The van der Waals surface area contributed by atoms with Crippen LogP contribution in [0.5, 0.6) is 0 Å². The summed E-state index contributed by atoms with van der Waals surface area (Å²) in [6, 6.07) is 3.99. The van der Waals surface area contributed by atoms with Crippen LogP contribution in [0, 0.1) is 27.7 Å². The van der Waals surface area contributed by atoms with Gasteiger partial charge in [-0.15, -0.1) is 11.3 Å². The molecule has 1 N–H and O–H groups in total. The van der Waals surface area contributed by atoms with Crippen LogP contribution in [-0.4, -0.2) is 25.7 Å². The summed E-state index contributed by atoms with van der Waals surface area (Å²) in [6.07, 6.45) is 0. The molecule has 0 atom stereocenters. The standard InChI is InChI=1S/C17H19N5OS/c1-9-6-13(14-7-10(2)21-22(14)5)11(3)16(18-9)17(23)20-15-8-24-12(4)19-15/h6-8H,1-5H3,(H,20,23). The van der Waals surface area contributed by atoms with Gasteiger partial charge in [0.15, 0.2) is 0 Å². The van der Waals surface area contributed by atoms with Crippen molar-refractivity contribution in [1.82, 2.24) is 19.7 Å². The smallest absolute Gasteiger partial charge is 0.275 e. The molecule has 3 aromatic heterocycles. The van der Waals surface area contributed by atoms with E-state index in [9.17, 15) is 4.79 Å². The summed E-state index contributed by atoms with van der Waals surface area (Å²) in [5, 5.41) is 9.94. The lowest BCUT2D eigenvalue weighted by atomic mass is 10.0. The van der Waals surface area contributed by atoms with Gasteiger partial charge in [-0.2, -0.15) is 5.10 Å². The van der Waals surface area contributed by atoms with E-state index in [2.05, 4.69) is 20.4 Å². The number of carbonyl (C=O) groups is 1. The number of nitrogens with one attached hydrogen (secondary N) is 1. The highest BCUT2D eigenvalue weighted by Gasteiger charge is 2.18. The minimum atomic E-state index is -0.248. The molecule has 3 rings (SSSR count). The number of aromatic nitrogens is 4. The molecule has 0 radical (unpaired) electrons. The lowest BCUT2D eigenvalue weighted by molar-refractivity contribution is 0.102. The second-order valence-electron chi connectivity index (χ2n) is 5.79. The van der Waals surface area contributed by atoms with Gasteiger partial charge in [-0.25, -0.2) is 9.97 Å². The zero-order valence-electron chi connectivity index (χ0n) is 14.3. The summed E-state index contributed by atoms with van der Waals surface area (Å²) >= 11 is 1.50. The number of aryl methyl sites for hydroxylation is 4. The first kappa shape index (κ1) is 16.3. The van der Waals surface area contributed by atoms with Gasteiger partial charge in [0.05, 0.1) is 16.4 Å². The van der Waals surface area contributed by atoms with Crippen molar-refractivity contribution in [2.24, 2.45) is 7.05 Å². The fourth-order valence-corrected chi connectivity index (χ4v) is 3.23. The lowest BCUT2D eigenvalue weighted by Crippen LogP contribution is -2.17. The molecule has 0 aromatic carbocycles. The molecule has 0 fully saturated rings. The highest BCUT2D eigenvalue weighted by atomic mass is 32.1. The molecule has 0 aliphatic carbocycles. The predicted molar refractivity (Wildman–Crippen MR) is 95.5 cm³/mol. The summed E-state index contributed by atoms with van der Waals surface area (Å²) in [7, 11) is 1.90. The summed E-state index contributed by atoms with van der Waals surface area (Å²) in [5.41, 5.74) is 4.89. The number of carbonyl (C=O) groups excluding carboxylic acids is 1. The summed E-state index contributed by atoms with van der Waals surface area (Å²) in [4.78, 5) is 21.3. The van der Waals surface area contributed by atoms with Gasteiger partial charge < -0.3 is 5.32 Å². The minimum Gasteiger partial charge on any atom is -0.304 e. The molecule has 0 saturated carbocycles. The number of thiazole rings is 1. The molecule has 1 amide bonds. The van der Waals surface area contributed by atoms with Gasteiger partial charge in [0.25, 0.3) is 5.91 Å². The summed E-state index contributed by atoms with van der Waals surface area (Å²) in [6.45, 7) is 7.64. The molecule has 24 heavy (non-hydrogen) atoms. The Bertz CT molecular complexity index is 925. The second-order valence-corrected chi connectivity index (χ2v) is 6.85. The molecule has 0 spiro atoms. The quantitative estimate of drug-likeness (QED) is 0.792. The maximum Gasteiger partial charge on any atom is 0.275 e. The number of anilines is 1. The van der Waals surface area contributed by atoms with Crippen LogP contribution >= 0.6 is 11.3 Å². The molecule has 0 bridgehead atoms. The Balaban J connectivity index is 2.02. The van der Waals surface area contributed by atoms with Gasteiger partial charge in [0.2, 0.25) is 0 Å². The maximum absolute atomic E-state index is 12.6. The minimum absolute atomic E-state index is 0.248. The molecule has 0 aliphatic rings. The number of hydrogen-bond acceptors (Lipinski definition) is 5. The van der Waals surface area contributed by atoms with Crippen LogP contribution in [0.4, 0.5) is 5.82 Å². The van der Waals surface area contributed by atoms with Crippen molar-refractivity contribution in [3.05, 3.63) is 45.2 Å². The van der Waals surface area contributed by atoms with E-state index >= 15 is 0 Å². The largest absolute Gasteiger partial charge is 0.304 e. The third-order valence-corrected chi connectivity index (χ3v) is 4.53. The van der Waals surface area contributed by atoms with Crippen LogP contribution in [0.15, 0.2) is 17.5 Å². The molecular weight excluding hydrogens is 322 g/mol. The third kappa shape index (κ3) is 3.07. The first-order valence-electron chi connectivity index (χ1n) is 7.58. The predicted octanol–water partition coefficient (Wildman–Crippen LogP) is 3.42. The molecule has 0 aliphatic heterocycles. The van der Waals surface area contributed by atoms with Gasteiger partial charge >= 0.3 is 0 Å². The van der Waals surface area contributed by atoms with Gasteiger partial charge in [-0.3, -0.25) is 9.48 Å². The topological polar surface area (TPSA) is 72.7 Å². The van der Waals surface area contributed by atoms with Gasteiger partial charge in [0.1, 0.15) is 11.5 Å². The number of hydrogen-bond donors (Lipinski definition) is 1. The molecule has 0 saturated heterocycles. The van der Waals surface area contributed by atoms with Crippen molar-refractivity contribution >= 4 is 23.1 Å².